The van der Waals surface area contributed by atoms with Crippen LogP contribution in [0, 0.1) is 12.7 Å². The van der Waals surface area contributed by atoms with Crippen LogP contribution in [0.4, 0.5) is 10.1 Å². The van der Waals surface area contributed by atoms with Crippen molar-refractivity contribution < 1.29 is 9.13 Å². The van der Waals surface area contributed by atoms with Gasteiger partial charge < -0.3 is 10.1 Å². The van der Waals surface area contributed by atoms with Crippen molar-refractivity contribution in [2.45, 2.75) is 19.9 Å². The third kappa shape index (κ3) is 3.02. The Balaban J connectivity index is 2.30. The Bertz CT molecular complexity index is 619. The summed E-state index contributed by atoms with van der Waals surface area (Å²) in [4.78, 5) is 4.16. The Hall–Kier alpha value is -1.81. The Labute approximate surface area is 122 Å². The van der Waals surface area contributed by atoms with Gasteiger partial charge in [-0.1, -0.05) is 17.7 Å². The largest absolute Gasteiger partial charge is 0.496 e. The van der Waals surface area contributed by atoms with Gasteiger partial charge in [-0.05, 0) is 38.1 Å². The SMILES string of the molecule is COc1cccc(F)c1C(C)Nc1ccc(Cl)nc1C. The highest BCUT2D eigenvalue weighted by atomic mass is 35.5. The summed E-state index contributed by atoms with van der Waals surface area (Å²) in [5.74, 6) is 0.216. The molecular formula is C15H16ClFN2O. The fourth-order valence-corrected chi connectivity index (χ4v) is 2.29. The highest BCUT2D eigenvalue weighted by Crippen LogP contribution is 2.30. The number of hydrogen-bond donors (Lipinski definition) is 1. The van der Waals surface area contributed by atoms with Gasteiger partial charge in [0, 0.05) is 0 Å². The Kier molecular flexibility index (Phi) is 4.45. The van der Waals surface area contributed by atoms with E-state index in [4.69, 9.17) is 16.3 Å². The van der Waals surface area contributed by atoms with Crippen molar-refractivity contribution >= 4 is 17.3 Å². The van der Waals surface area contributed by atoms with Crippen LogP contribution < -0.4 is 10.1 Å². The molecule has 0 radical (unpaired) electrons. The van der Waals surface area contributed by atoms with Crippen LogP contribution in [-0.4, -0.2) is 12.1 Å². The summed E-state index contributed by atoms with van der Waals surface area (Å²) in [5, 5.41) is 3.66. The van der Waals surface area contributed by atoms with E-state index in [1.165, 1.54) is 13.2 Å². The van der Waals surface area contributed by atoms with Crippen molar-refractivity contribution in [3.63, 3.8) is 0 Å². The van der Waals surface area contributed by atoms with Gasteiger partial charge in [0.2, 0.25) is 0 Å². The minimum absolute atomic E-state index is 0.257. The first-order valence-corrected chi connectivity index (χ1v) is 6.62. The number of ether oxygens (including phenoxy) is 1. The van der Waals surface area contributed by atoms with Gasteiger partial charge in [-0.3, -0.25) is 0 Å². The number of aryl methyl sites for hydroxylation is 1. The first-order chi connectivity index (χ1) is 9.52. The molecule has 0 aliphatic carbocycles. The smallest absolute Gasteiger partial charge is 0.132 e. The van der Waals surface area contributed by atoms with Crippen molar-refractivity contribution in [1.29, 1.82) is 0 Å². The standard InChI is InChI=1S/C15H16ClFN2O/c1-9-12(7-8-14(16)19-9)18-10(2)15-11(17)5-4-6-13(15)20-3/h4-8,10,18H,1-3H3. The van der Waals surface area contributed by atoms with E-state index in [1.807, 2.05) is 19.9 Å². The molecule has 1 aromatic carbocycles. The van der Waals surface area contributed by atoms with Crippen LogP contribution in [-0.2, 0) is 0 Å². The summed E-state index contributed by atoms with van der Waals surface area (Å²) in [5.41, 5.74) is 2.07. The second kappa shape index (κ2) is 6.09. The summed E-state index contributed by atoms with van der Waals surface area (Å²) in [6.45, 7) is 3.72. The first kappa shape index (κ1) is 14.6. The molecule has 3 nitrogen and oxygen atoms in total. The molecule has 0 saturated heterocycles. The topological polar surface area (TPSA) is 34.1 Å². The monoisotopic (exact) mass is 294 g/mol. The lowest BCUT2D eigenvalue weighted by atomic mass is 10.1. The minimum atomic E-state index is -0.302. The van der Waals surface area contributed by atoms with Crippen LogP contribution in [0.5, 0.6) is 5.75 Å². The maximum atomic E-state index is 14.0. The van der Waals surface area contributed by atoms with Crippen molar-refractivity contribution in [2.75, 3.05) is 12.4 Å². The molecule has 0 fully saturated rings. The molecule has 0 aliphatic heterocycles. The molecule has 0 saturated carbocycles. The predicted molar refractivity (Wildman–Crippen MR) is 79.0 cm³/mol. The van der Waals surface area contributed by atoms with Gasteiger partial charge in [-0.2, -0.15) is 0 Å². The number of anilines is 1. The van der Waals surface area contributed by atoms with Gasteiger partial charge in [0.25, 0.3) is 0 Å². The molecule has 0 aliphatic rings. The van der Waals surface area contributed by atoms with E-state index < -0.39 is 0 Å². The van der Waals surface area contributed by atoms with E-state index in [-0.39, 0.29) is 11.9 Å². The molecule has 1 unspecified atom stereocenters. The molecule has 2 aromatic rings. The molecule has 0 bridgehead atoms. The van der Waals surface area contributed by atoms with E-state index in [1.54, 1.807) is 18.2 Å². The fourth-order valence-electron chi connectivity index (χ4n) is 2.10. The molecule has 0 spiro atoms. The molecule has 1 aromatic heterocycles. The van der Waals surface area contributed by atoms with E-state index >= 15 is 0 Å². The lowest BCUT2D eigenvalue weighted by Gasteiger charge is -2.20. The lowest BCUT2D eigenvalue weighted by molar-refractivity contribution is 0.402. The number of nitrogens with zero attached hydrogens (tertiary/aromatic N) is 1. The zero-order valence-corrected chi connectivity index (χ0v) is 12.3. The summed E-state index contributed by atoms with van der Waals surface area (Å²) in [6.07, 6.45) is 0. The molecular weight excluding hydrogens is 279 g/mol. The zero-order chi connectivity index (χ0) is 14.7. The Morgan fingerprint density at radius 1 is 1.30 bits per heavy atom. The molecule has 0 amide bonds. The maximum absolute atomic E-state index is 14.0. The number of rotatable bonds is 4. The van der Waals surface area contributed by atoms with Gasteiger partial charge in [0.05, 0.1) is 30.1 Å². The Morgan fingerprint density at radius 2 is 2.05 bits per heavy atom. The average molecular weight is 295 g/mol. The van der Waals surface area contributed by atoms with E-state index in [2.05, 4.69) is 10.3 Å². The molecule has 20 heavy (non-hydrogen) atoms. The highest BCUT2D eigenvalue weighted by molar-refractivity contribution is 6.29. The van der Waals surface area contributed by atoms with Crippen molar-refractivity contribution in [1.82, 2.24) is 4.98 Å². The maximum Gasteiger partial charge on any atom is 0.132 e. The van der Waals surface area contributed by atoms with Crippen molar-refractivity contribution in [2.24, 2.45) is 0 Å². The van der Waals surface area contributed by atoms with Gasteiger partial charge in [-0.15, -0.1) is 0 Å². The van der Waals surface area contributed by atoms with Crippen LogP contribution in [0.3, 0.4) is 0 Å². The first-order valence-electron chi connectivity index (χ1n) is 6.25. The van der Waals surface area contributed by atoms with Crippen LogP contribution in [0.2, 0.25) is 5.15 Å². The van der Waals surface area contributed by atoms with Crippen LogP contribution >= 0.6 is 11.6 Å². The number of aromatic nitrogens is 1. The van der Waals surface area contributed by atoms with Gasteiger partial charge >= 0.3 is 0 Å². The van der Waals surface area contributed by atoms with Crippen LogP contribution in [0.1, 0.15) is 24.2 Å². The van der Waals surface area contributed by atoms with Crippen molar-refractivity contribution in [3.05, 3.63) is 52.6 Å². The van der Waals surface area contributed by atoms with Gasteiger partial charge in [-0.25, -0.2) is 9.37 Å². The van der Waals surface area contributed by atoms with E-state index in [0.29, 0.717) is 16.5 Å². The number of pyridine rings is 1. The summed E-state index contributed by atoms with van der Waals surface area (Å²) in [6, 6.07) is 8.05. The number of benzene rings is 1. The quantitative estimate of drug-likeness (QED) is 0.851. The van der Waals surface area contributed by atoms with Crippen LogP contribution in [0.15, 0.2) is 30.3 Å². The van der Waals surface area contributed by atoms with E-state index in [9.17, 15) is 4.39 Å². The summed E-state index contributed by atoms with van der Waals surface area (Å²) < 4.78 is 19.2. The summed E-state index contributed by atoms with van der Waals surface area (Å²) in [7, 11) is 1.53. The van der Waals surface area contributed by atoms with E-state index in [0.717, 1.165) is 11.4 Å². The Morgan fingerprint density at radius 3 is 2.70 bits per heavy atom. The second-order valence-electron chi connectivity index (χ2n) is 4.49. The molecule has 1 heterocycles. The lowest BCUT2D eigenvalue weighted by Crippen LogP contribution is -2.11. The minimum Gasteiger partial charge on any atom is -0.496 e. The number of methoxy groups -OCH3 is 1. The molecule has 1 atom stereocenters. The molecule has 1 N–H and O–H groups in total. The number of hydrogen-bond acceptors (Lipinski definition) is 3. The van der Waals surface area contributed by atoms with Crippen LogP contribution in [0.25, 0.3) is 0 Å². The number of nitrogens with one attached hydrogen (secondary N) is 1. The van der Waals surface area contributed by atoms with Gasteiger partial charge in [0.15, 0.2) is 0 Å². The second-order valence-corrected chi connectivity index (χ2v) is 4.88. The average Bonchev–Trinajstić information content (AvgIpc) is 2.41. The van der Waals surface area contributed by atoms with Crippen molar-refractivity contribution in [3.8, 4) is 5.75 Å². The fraction of sp³-hybridized carbons (Fsp3) is 0.267. The normalized spacial score (nSPS) is 12.1. The highest BCUT2D eigenvalue weighted by Gasteiger charge is 2.17. The summed E-state index contributed by atoms with van der Waals surface area (Å²) >= 11 is 5.82. The predicted octanol–water partition coefficient (Wildman–Crippen LogP) is 4.36. The molecule has 106 valence electrons. The van der Waals surface area contributed by atoms with Gasteiger partial charge in [0.1, 0.15) is 16.7 Å². The molecule has 2 rings (SSSR count). The third-order valence-electron chi connectivity index (χ3n) is 3.09. The third-order valence-corrected chi connectivity index (χ3v) is 3.30. The zero-order valence-electron chi connectivity index (χ0n) is 11.6. The molecule has 5 heteroatoms. The number of halogens is 2.